The molecule has 0 unspecified atom stereocenters. The van der Waals surface area contributed by atoms with Gasteiger partial charge in [-0.15, -0.1) is 0 Å². The molecule has 0 radical (unpaired) electrons. The van der Waals surface area contributed by atoms with Crippen molar-refractivity contribution in [3.05, 3.63) is 71.3 Å². The predicted molar refractivity (Wildman–Crippen MR) is 82.9 cm³/mol. The van der Waals surface area contributed by atoms with E-state index in [1.807, 2.05) is 36.4 Å². The van der Waals surface area contributed by atoms with E-state index < -0.39 is 5.91 Å². The number of benzene rings is 2. The monoisotopic (exact) mass is 298 g/mol. The third-order valence-electron chi connectivity index (χ3n) is 3.05. The average Bonchev–Trinajstić information content (AvgIpc) is 2.54. The van der Waals surface area contributed by atoms with Crippen LogP contribution < -0.4 is 11.1 Å². The molecular weight excluding hydrogens is 280 g/mol. The number of primary amides is 1. The van der Waals surface area contributed by atoms with E-state index in [0.29, 0.717) is 18.7 Å². The van der Waals surface area contributed by atoms with Gasteiger partial charge < -0.3 is 15.8 Å². The SMILES string of the molecule is NC(=O)c1cccc(CNC(=O)COCc2ccccc2)c1. The Morgan fingerprint density at radius 3 is 2.45 bits per heavy atom. The lowest BCUT2D eigenvalue weighted by molar-refractivity contribution is -0.126. The van der Waals surface area contributed by atoms with E-state index in [4.69, 9.17) is 10.5 Å². The normalized spacial score (nSPS) is 10.2. The number of rotatable bonds is 7. The van der Waals surface area contributed by atoms with Crippen molar-refractivity contribution in [1.29, 1.82) is 0 Å². The molecule has 0 spiro atoms. The summed E-state index contributed by atoms with van der Waals surface area (Å²) in [6.07, 6.45) is 0. The van der Waals surface area contributed by atoms with E-state index >= 15 is 0 Å². The largest absolute Gasteiger partial charge is 0.367 e. The Hall–Kier alpha value is -2.66. The van der Waals surface area contributed by atoms with E-state index in [2.05, 4.69) is 5.32 Å². The van der Waals surface area contributed by atoms with E-state index in [1.165, 1.54) is 0 Å². The molecule has 0 aromatic heterocycles. The molecule has 3 N–H and O–H groups in total. The minimum atomic E-state index is -0.487. The quantitative estimate of drug-likeness (QED) is 0.815. The lowest BCUT2D eigenvalue weighted by Gasteiger charge is -2.07. The van der Waals surface area contributed by atoms with Crippen molar-refractivity contribution in [1.82, 2.24) is 5.32 Å². The van der Waals surface area contributed by atoms with E-state index in [9.17, 15) is 9.59 Å². The first-order valence-corrected chi connectivity index (χ1v) is 6.92. The molecule has 2 rings (SSSR count). The van der Waals surface area contributed by atoms with Gasteiger partial charge in [0, 0.05) is 12.1 Å². The van der Waals surface area contributed by atoms with Crippen LogP contribution in [-0.2, 0) is 22.7 Å². The summed E-state index contributed by atoms with van der Waals surface area (Å²) < 4.78 is 5.35. The molecule has 0 aliphatic carbocycles. The third-order valence-corrected chi connectivity index (χ3v) is 3.05. The van der Waals surface area contributed by atoms with Crippen LogP contribution in [0.4, 0.5) is 0 Å². The maximum atomic E-state index is 11.7. The van der Waals surface area contributed by atoms with Crippen LogP contribution in [0.5, 0.6) is 0 Å². The Morgan fingerprint density at radius 2 is 1.73 bits per heavy atom. The van der Waals surface area contributed by atoms with Crippen LogP contribution in [-0.4, -0.2) is 18.4 Å². The first-order valence-electron chi connectivity index (χ1n) is 6.92. The Bertz CT molecular complexity index is 641. The summed E-state index contributed by atoms with van der Waals surface area (Å²) in [6, 6.07) is 16.5. The molecule has 2 amide bonds. The molecule has 114 valence electrons. The summed E-state index contributed by atoms with van der Waals surface area (Å²) >= 11 is 0. The molecule has 5 nitrogen and oxygen atoms in total. The number of carbonyl (C=O) groups excluding carboxylic acids is 2. The maximum Gasteiger partial charge on any atom is 0.248 e. The van der Waals surface area contributed by atoms with Crippen molar-refractivity contribution < 1.29 is 14.3 Å². The highest BCUT2D eigenvalue weighted by atomic mass is 16.5. The highest BCUT2D eigenvalue weighted by Gasteiger charge is 2.04. The Kier molecular flexibility index (Phi) is 5.68. The fourth-order valence-electron chi connectivity index (χ4n) is 1.92. The van der Waals surface area contributed by atoms with Gasteiger partial charge in [-0.2, -0.15) is 0 Å². The van der Waals surface area contributed by atoms with Crippen molar-refractivity contribution in [3.8, 4) is 0 Å². The molecule has 0 aliphatic rings. The average molecular weight is 298 g/mol. The molecule has 2 aromatic rings. The number of nitrogens with one attached hydrogen (secondary N) is 1. The van der Waals surface area contributed by atoms with Gasteiger partial charge in [-0.05, 0) is 23.3 Å². The smallest absolute Gasteiger partial charge is 0.248 e. The van der Waals surface area contributed by atoms with Gasteiger partial charge in [0.05, 0.1) is 6.61 Å². The Morgan fingerprint density at radius 1 is 1.00 bits per heavy atom. The summed E-state index contributed by atoms with van der Waals surface area (Å²) in [4.78, 5) is 22.8. The van der Waals surface area contributed by atoms with E-state index in [-0.39, 0.29) is 12.5 Å². The number of amides is 2. The summed E-state index contributed by atoms with van der Waals surface area (Å²) in [5.41, 5.74) is 7.47. The topological polar surface area (TPSA) is 81.4 Å². The lowest BCUT2D eigenvalue weighted by atomic mass is 10.1. The molecule has 0 saturated carbocycles. The molecule has 0 bridgehead atoms. The molecule has 2 aromatic carbocycles. The third kappa shape index (κ3) is 5.03. The standard InChI is InChI=1S/C17H18N2O3/c18-17(21)15-8-4-7-14(9-15)10-19-16(20)12-22-11-13-5-2-1-3-6-13/h1-9H,10-12H2,(H2,18,21)(H,19,20). The van der Waals surface area contributed by atoms with E-state index in [0.717, 1.165) is 11.1 Å². The molecule has 0 heterocycles. The minimum Gasteiger partial charge on any atom is -0.367 e. The minimum absolute atomic E-state index is 0.00952. The predicted octanol–water partition coefficient (Wildman–Crippen LogP) is 1.62. The second-order valence-corrected chi connectivity index (χ2v) is 4.82. The summed E-state index contributed by atoms with van der Waals surface area (Å²) in [6.45, 7) is 0.713. The summed E-state index contributed by atoms with van der Waals surface area (Å²) in [5.74, 6) is -0.695. The first kappa shape index (κ1) is 15.7. The zero-order chi connectivity index (χ0) is 15.8. The fraction of sp³-hybridized carbons (Fsp3) is 0.176. The number of carbonyl (C=O) groups is 2. The van der Waals surface area contributed by atoms with Gasteiger partial charge in [0.25, 0.3) is 0 Å². The highest BCUT2D eigenvalue weighted by Crippen LogP contribution is 2.04. The van der Waals surface area contributed by atoms with Gasteiger partial charge in [-0.1, -0.05) is 42.5 Å². The second kappa shape index (κ2) is 7.95. The van der Waals surface area contributed by atoms with Gasteiger partial charge in [-0.3, -0.25) is 9.59 Å². The van der Waals surface area contributed by atoms with Gasteiger partial charge in [-0.25, -0.2) is 0 Å². The van der Waals surface area contributed by atoms with Crippen LogP contribution in [0.15, 0.2) is 54.6 Å². The molecular formula is C17H18N2O3. The molecule has 5 heteroatoms. The zero-order valence-electron chi connectivity index (χ0n) is 12.1. The van der Waals surface area contributed by atoms with Crippen molar-refractivity contribution in [3.63, 3.8) is 0 Å². The van der Waals surface area contributed by atoms with Crippen molar-refractivity contribution in [2.45, 2.75) is 13.2 Å². The second-order valence-electron chi connectivity index (χ2n) is 4.82. The Balaban J connectivity index is 1.73. The van der Waals surface area contributed by atoms with Crippen LogP contribution >= 0.6 is 0 Å². The first-order chi connectivity index (χ1) is 10.6. The molecule has 22 heavy (non-hydrogen) atoms. The summed E-state index contributed by atoms with van der Waals surface area (Å²) in [5, 5.41) is 2.74. The van der Waals surface area contributed by atoms with Crippen LogP contribution in [0.2, 0.25) is 0 Å². The van der Waals surface area contributed by atoms with Crippen molar-refractivity contribution in [2.75, 3.05) is 6.61 Å². The number of hydrogen-bond donors (Lipinski definition) is 2. The van der Waals surface area contributed by atoms with Crippen LogP contribution in [0.1, 0.15) is 21.5 Å². The van der Waals surface area contributed by atoms with E-state index in [1.54, 1.807) is 18.2 Å². The molecule has 0 aliphatic heterocycles. The van der Waals surface area contributed by atoms with Crippen LogP contribution in [0.25, 0.3) is 0 Å². The van der Waals surface area contributed by atoms with Crippen molar-refractivity contribution >= 4 is 11.8 Å². The highest BCUT2D eigenvalue weighted by molar-refractivity contribution is 5.92. The fourth-order valence-corrected chi connectivity index (χ4v) is 1.92. The molecule has 0 saturated heterocycles. The number of ether oxygens (including phenoxy) is 1. The number of hydrogen-bond acceptors (Lipinski definition) is 3. The van der Waals surface area contributed by atoms with Crippen molar-refractivity contribution in [2.24, 2.45) is 5.73 Å². The number of nitrogens with two attached hydrogens (primary N) is 1. The maximum absolute atomic E-state index is 11.7. The van der Waals surface area contributed by atoms with Gasteiger partial charge in [0.1, 0.15) is 6.61 Å². The summed E-state index contributed by atoms with van der Waals surface area (Å²) in [7, 11) is 0. The Labute approximate surface area is 129 Å². The van der Waals surface area contributed by atoms with Crippen LogP contribution in [0, 0.1) is 0 Å². The molecule has 0 atom stereocenters. The molecule has 0 fully saturated rings. The van der Waals surface area contributed by atoms with Gasteiger partial charge in [0.15, 0.2) is 0 Å². The van der Waals surface area contributed by atoms with Crippen LogP contribution in [0.3, 0.4) is 0 Å². The zero-order valence-corrected chi connectivity index (χ0v) is 12.1. The van der Waals surface area contributed by atoms with Gasteiger partial charge >= 0.3 is 0 Å². The lowest BCUT2D eigenvalue weighted by Crippen LogP contribution is -2.27. The van der Waals surface area contributed by atoms with Gasteiger partial charge in [0.2, 0.25) is 11.8 Å².